The number of benzene rings is 1. The molecule has 0 spiro atoms. The number of aromatic nitrogens is 4. The fraction of sp³-hybridized carbons (Fsp3) is 0.481. The number of piperazine rings is 1. The summed E-state index contributed by atoms with van der Waals surface area (Å²) in [5, 5.41) is 0. The van der Waals surface area contributed by atoms with E-state index >= 15 is 0 Å². The molecule has 1 atom stereocenters. The zero-order valence-corrected chi connectivity index (χ0v) is 23.8. The first-order valence-electron chi connectivity index (χ1n) is 13.2. The lowest BCUT2D eigenvalue weighted by molar-refractivity contribution is -0.137. The third-order valence-corrected chi connectivity index (χ3v) is 8.19. The second kappa shape index (κ2) is 11.8. The van der Waals surface area contributed by atoms with Gasteiger partial charge in [0.2, 0.25) is 11.9 Å². The minimum Gasteiger partial charge on any atom is -0.353 e. The van der Waals surface area contributed by atoms with Crippen LogP contribution in [0.2, 0.25) is 0 Å². The molecule has 0 N–H and O–H groups in total. The number of nitrogens with zero attached hydrogens (tertiary/aromatic N) is 7. The Kier molecular flexibility index (Phi) is 8.38. The molecular weight excluding hydrogens is 625 g/mol. The van der Waals surface area contributed by atoms with E-state index in [2.05, 4.69) is 39.4 Å². The SMILES string of the molecule is CCC1CCCCN1c1nc(-c2ccc(F)c(CI)c2)nc(N2CCN(c3ncccc3C(F)(F)F)CC2)n1. The van der Waals surface area contributed by atoms with E-state index in [-0.39, 0.29) is 11.6 Å². The summed E-state index contributed by atoms with van der Waals surface area (Å²) in [6.07, 6.45) is 1.15. The minimum atomic E-state index is -4.48. The Balaban J connectivity index is 1.46. The zero-order chi connectivity index (χ0) is 27.6. The number of rotatable bonds is 6. The quantitative estimate of drug-likeness (QED) is 0.180. The normalized spacial score (nSPS) is 18.5. The van der Waals surface area contributed by atoms with Gasteiger partial charge in [-0.05, 0) is 61.6 Å². The van der Waals surface area contributed by atoms with Gasteiger partial charge < -0.3 is 14.7 Å². The second-order valence-corrected chi connectivity index (χ2v) is 10.6. The van der Waals surface area contributed by atoms with Crippen LogP contribution in [0.15, 0.2) is 36.5 Å². The van der Waals surface area contributed by atoms with Crippen molar-refractivity contribution in [3.63, 3.8) is 0 Å². The number of pyridine rings is 1. The van der Waals surface area contributed by atoms with E-state index < -0.39 is 11.7 Å². The van der Waals surface area contributed by atoms with Crippen LogP contribution in [0, 0.1) is 5.82 Å². The molecular formula is C27H30F4IN7. The monoisotopic (exact) mass is 655 g/mol. The molecule has 0 bridgehead atoms. The number of halogens is 5. The summed E-state index contributed by atoms with van der Waals surface area (Å²) < 4.78 is 55.5. The zero-order valence-electron chi connectivity index (χ0n) is 21.6. The van der Waals surface area contributed by atoms with Gasteiger partial charge in [-0.15, -0.1) is 0 Å². The summed E-state index contributed by atoms with van der Waals surface area (Å²) >= 11 is 2.13. The van der Waals surface area contributed by atoms with Gasteiger partial charge in [0.1, 0.15) is 11.6 Å². The summed E-state index contributed by atoms with van der Waals surface area (Å²) in [4.78, 5) is 24.4. The van der Waals surface area contributed by atoms with Crippen LogP contribution in [0.3, 0.4) is 0 Å². The van der Waals surface area contributed by atoms with Crippen LogP contribution < -0.4 is 14.7 Å². The Morgan fingerprint density at radius 1 is 0.949 bits per heavy atom. The standard InChI is InChI=1S/C27H30F4IN7/c1-2-20-6-3-4-11-39(20)26-35-23(18-8-9-22(28)19(16-18)17-32)34-25(36-26)38-14-12-37(13-15-38)24-21(27(29,30)31)7-5-10-33-24/h5,7-10,16,20H,2-4,6,11-15,17H2,1H3. The highest BCUT2D eigenvalue weighted by Gasteiger charge is 2.36. The van der Waals surface area contributed by atoms with Crippen molar-refractivity contribution in [2.45, 2.75) is 49.3 Å². The molecule has 0 amide bonds. The van der Waals surface area contributed by atoms with E-state index in [1.165, 1.54) is 18.3 Å². The van der Waals surface area contributed by atoms with Gasteiger partial charge in [-0.2, -0.15) is 28.1 Å². The molecule has 0 saturated carbocycles. The van der Waals surface area contributed by atoms with Crippen LogP contribution in [0.4, 0.5) is 35.3 Å². The molecule has 3 aromatic rings. The van der Waals surface area contributed by atoms with E-state index in [9.17, 15) is 17.6 Å². The van der Waals surface area contributed by atoms with Crippen LogP contribution in [0.1, 0.15) is 43.7 Å². The predicted molar refractivity (Wildman–Crippen MR) is 152 cm³/mol. The maximum Gasteiger partial charge on any atom is 0.419 e. The van der Waals surface area contributed by atoms with Gasteiger partial charge in [0.05, 0.1) is 5.56 Å². The molecule has 208 valence electrons. The summed E-state index contributed by atoms with van der Waals surface area (Å²) in [5.41, 5.74) is 0.548. The minimum absolute atomic E-state index is 0.0570. The fourth-order valence-corrected chi connectivity index (χ4v) is 5.83. The second-order valence-electron chi connectivity index (χ2n) is 9.80. The molecule has 1 aromatic carbocycles. The first kappa shape index (κ1) is 27.8. The van der Waals surface area contributed by atoms with Gasteiger partial charge in [-0.25, -0.2) is 9.37 Å². The molecule has 2 saturated heterocycles. The maximum absolute atomic E-state index is 14.2. The Morgan fingerprint density at radius 2 is 1.69 bits per heavy atom. The van der Waals surface area contributed by atoms with Crippen LogP contribution in [0.5, 0.6) is 0 Å². The van der Waals surface area contributed by atoms with Crippen molar-refractivity contribution >= 4 is 40.3 Å². The lowest BCUT2D eigenvalue weighted by atomic mass is 10.0. The van der Waals surface area contributed by atoms with E-state index in [4.69, 9.17) is 15.0 Å². The van der Waals surface area contributed by atoms with E-state index in [0.29, 0.717) is 65.5 Å². The van der Waals surface area contributed by atoms with Gasteiger partial charge in [0.15, 0.2) is 5.82 Å². The van der Waals surface area contributed by atoms with Crippen molar-refractivity contribution in [2.75, 3.05) is 47.4 Å². The molecule has 12 heteroatoms. The smallest absolute Gasteiger partial charge is 0.353 e. The highest BCUT2D eigenvalue weighted by molar-refractivity contribution is 14.1. The van der Waals surface area contributed by atoms with Crippen molar-refractivity contribution in [1.82, 2.24) is 19.9 Å². The molecule has 39 heavy (non-hydrogen) atoms. The number of anilines is 3. The highest BCUT2D eigenvalue weighted by Crippen LogP contribution is 2.36. The summed E-state index contributed by atoms with van der Waals surface area (Å²) in [5.74, 6) is 1.21. The molecule has 7 nitrogen and oxygen atoms in total. The molecule has 2 fully saturated rings. The lowest BCUT2D eigenvalue weighted by Crippen LogP contribution is -2.48. The van der Waals surface area contributed by atoms with Crippen LogP contribution in [-0.4, -0.2) is 58.7 Å². The van der Waals surface area contributed by atoms with Gasteiger partial charge >= 0.3 is 6.18 Å². The van der Waals surface area contributed by atoms with Crippen molar-refractivity contribution in [2.24, 2.45) is 0 Å². The Morgan fingerprint density at radius 3 is 2.41 bits per heavy atom. The molecule has 2 aliphatic rings. The summed E-state index contributed by atoms with van der Waals surface area (Å²) in [6.45, 7) is 4.54. The maximum atomic E-state index is 14.2. The Bertz CT molecular complexity index is 1300. The predicted octanol–water partition coefficient (Wildman–Crippen LogP) is 6.12. The molecule has 5 rings (SSSR count). The topological polar surface area (TPSA) is 61.3 Å². The number of alkyl halides is 4. The molecule has 4 heterocycles. The molecule has 2 aliphatic heterocycles. The number of hydrogen-bond donors (Lipinski definition) is 0. The number of hydrogen-bond acceptors (Lipinski definition) is 7. The van der Waals surface area contributed by atoms with Gasteiger partial charge in [-0.3, -0.25) is 0 Å². The van der Waals surface area contributed by atoms with E-state index in [0.717, 1.165) is 38.3 Å². The molecule has 1 unspecified atom stereocenters. The highest BCUT2D eigenvalue weighted by atomic mass is 127. The van der Waals surface area contributed by atoms with Crippen LogP contribution in [-0.2, 0) is 10.6 Å². The average molecular weight is 655 g/mol. The third kappa shape index (κ3) is 6.04. The lowest BCUT2D eigenvalue weighted by Gasteiger charge is -2.38. The molecule has 2 aromatic heterocycles. The number of piperidine rings is 1. The summed E-state index contributed by atoms with van der Waals surface area (Å²) in [6, 6.07) is 7.58. The molecule has 0 aliphatic carbocycles. The first-order chi connectivity index (χ1) is 18.8. The fourth-order valence-electron chi connectivity index (χ4n) is 5.25. The van der Waals surface area contributed by atoms with Crippen molar-refractivity contribution in [3.05, 3.63) is 53.5 Å². The van der Waals surface area contributed by atoms with Crippen molar-refractivity contribution < 1.29 is 17.6 Å². The van der Waals surface area contributed by atoms with E-state index in [1.54, 1.807) is 17.0 Å². The Hall–Kier alpha value is -2.77. The van der Waals surface area contributed by atoms with E-state index in [1.807, 2.05) is 4.90 Å². The summed E-state index contributed by atoms with van der Waals surface area (Å²) in [7, 11) is 0. The molecule has 0 radical (unpaired) electrons. The Labute approximate surface area is 238 Å². The van der Waals surface area contributed by atoms with Gasteiger partial charge in [-0.1, -0.05) is 29.5 Å². The van der Waals surface area contributed by atoms with Gasteiger partial charge in [0.25, 0.3) is 0 Å². The average Bonchev–Trinajstić information content (AvgIpc) is 2.96. The first-order valence-corrected chi connectivity index (χ1v) is 14.7. The van der Waals surface area contributed by atoms with Gasteiger partial charge in [0, 0.05) is 55.0 Å². The van der Waals surface area contributed by atoms with Crippen LogP contribution in [0.25, 0.3) is 11.4 Å². The van der Waals surface area contributed by atoms with Crippen molar-refractivity contribution in [1.29, 1.82) is 0 Å². The van der Waals surface area contributed by atoms with Crippen molar-refractivity contribution in [3.8, 4) is 11.4 Å². The van der Waals surface area contributed by atoms with Crippen LogP contribution >= 0.6 is 22.6 Å². The third-order valence-electron chi connectivity index (χ3n) is 7.37. The largest absolute Gasteiger partial charge is 0.419 e.